The summed E-state index contributed by atoms with van der Waals surface area (Å²) in [4.78, 5) is 0. The highest BCUT2D eigenvalue weighted by molar-refractivity contribution is 5.51. The third-order valence-corrected chi connectivity index (χ3v) is 1.62. The van der Waals surface area contributed by atoms with Crippen LogP contribution in [0.25, 0.3) is 0 Å². The van der Waals surface area contributed by atoms with Gasteiger partial charge in [-0.3, -0.25) is 0 Å². The van der Waals surface area contributed by atoms with Gasteiger partial charge in [-0.25, -0.2) is 0 Å². The van der Waals surface area contributed by atoms with Crippen LogP contribution >= 0.6 is 0 Å². The van der Waals surface area contributed by atoms with Crippen molar-refractivity contribution in [3.8, 4) is 5.75 Å². The first kappa shape index (κ1) is 9.83. The number of ether oxygens (including phenoxy) is 1. The molecule has 0 saturated carbocycles. The number of nitrogens with two attached hydrogens (primary N) is 2. The van der Waals surface area contributed by atoms with E-state index < -0.39 is 6.10 Å². The Balaban J connectivity index is 2.50. The van der Waals surface area contributed by atoms with Crippen LogP contribution < -0.4 is 16.2 Å². The molecule has 13 heavy (non-hydrogen) atoms. The van der Waals surface area contributed by atoms with Gasteiger partial charge in [0.25, 0.3) is 0 Å². The Kier molecular flexibility index (Phi) is 3.54. The number of nitrogen functional groups attached to an aromatic ring is 1. The lowest BCUT2D eigenvalue weighted by Gasteiger charge is -2.11. The predicted molar refractivity (Wildman–Crippen MR) is 51.4 cm³/mol. The average Bonchev–Trinajstić information content (AvgIpc) is 2.16. The first-order chi connectivity index (χ1) is 6.24. The van der Waals surface area contributed by atoms with Gasteiger partial charge in [-0.2, -0.15) is 0 Å². The Morgan fingerprint density at radius 2 is 2.08 bits per heavy atom. The quantitative estimate of drug-likeness (QED) is 0.571. The number of aliphatic hydroxyl groups excluding tert-OH is 1. The summed E-state index contributed by atoms with van der Waals surface area (Å²) in [5.74, 6) is 0.579. The highest BCUT2D eigenvalue weighted by Crippen LogP contribution is 2.19. The molecule has 0 radical (unpaired) electrons. The molecule has 0 fully saturated rings. The number of aliphatic hydroxyl groups is 1. The van der Waals surface area contributed by atoms with E-state index in [1.165, 1.54) is 0 Å². The summed E-state index contributed by atoms with van der Waals surface area (Å²) < 4.78 is 5.23. The number of hydrogen-bond donors (Lipinski definition) is 3. The Bertz CT molecular complexity index is 266. The Morgan fingerprint density at radius 1 is 1.38 bits per heavy atom. The van der Waals surface area contributed by atoms with E-state index in [4.69, 9.17) is 21.3 Å². The van der Waals surface area contributed by atoms with Crippen molar-refractivity contribution in [2.24, 2.45) is 5.73 Å². The monoisotopic (exact) mass is 182 g/mol. The van der Waals surface area contributed by atoms with Crippen molar-refractivity contribution in [3.63, 3.8) is 0 Å². The maximum absolute atomic E-state index is 9.12. The summed E-state index contributed by atoms with van der Waals surface area (Å²) in [6.45, 7) is 0.359. The third kappa shape index (κ3) is 2.93. The van der Waals surface area contributed by atoms with E-state index in [9.17, 15) is 0 Å². The molecule has 1 rings (SSSR count). The SMILES string of the molecule is NC[C@@H](O)COc1ccccc1N. The van der Waals surface area contributed by atoms with Crippen molar-refractivity contribution in [1.82, 2.24) is 0 Å². The molecule has 0 heterocycles. The number of benzene rings is 1. The van der Waals surface area contributed by atoms with Crippen LogP contribution in [0.3, 0.4) is 0 Å². The largest absolute Gasteiger partial charge is 0.489 e. The molecule has 0 amide bonds. The first-order valence-electron chi connectivity index (χ1n) is 4.09. The average molecular weight is 182 g/mol. The van der Waals surface area contributed by atoms with Gasteiger partial charge in [-0.05, 0) is 12.1 Å². The lowest BCUT2D eigenvalue weighted by Crippen LogP contribution is -2.26. The number of rotatable bonds is 4. The van der Waals surface area contributed by atoms with Gasteiger partial charge in [0, 0.05) is 6.54 Å². The van der Waals surface area contributed by atoms with Crippen LogP contribution in [0.1, 0.15) is 0 Å². The van der Waals surface area contributed by atoms with Crippen LogP contribution in [-0.4, -0.2) is 24.4 Å². The van der Waals surface area contributed by atoms with Crippen molar-refractivity contribution in [1.29, 1.82) is 0 Å². The van der Waals surface area contributed by atoms with Crippen molar-refractivity contribution in [2.45, 2.75) is 6.10 Å². The summed E-state index contributed by atoms with van der Waals surface area (Å²) in [7, 11) is 0. The molecule has 0 aliphatic heterocycles. The molecular formula is C9H14N2O2. The van der Waals surface area contributed by atoms with Crippen LogP contribution in [0, 0.1) is 0 Å². The highest BCUT2D eigenvalue weighted by atomic mass is 16.5. The Hall–Kier alpha value is -1.26. The molecular weight excluding hydrogens is 168 g/mol. The molecule has 0 bridgehead atoms. The Morgan fingerprint density at radius 3 is 2.69 bits per heavy atom. The summed E-state index contributed by atoms with van der Waals surface area (Å²) in [6.07, 6.45) is -0.639. The summed E-state index contributed by atoms with van der Waals surface area (Å²) in [5, 5.41) is 9.12. The molecule has 72 valence electrons. The maximum Gasteiger partial charge on any atom is 0.142 e. The highest BCUT2D eigenvalue weighted by Gasteiger charge is 2.03. The minimum atomic E-state index is -0.639. The second-order valence-electron chi connectivity index (χ2n) is 2.74. The minimum absolute atomic E-state index is 0.171. The van der Waals surface area contributed by atoms with Crippen LogP contribution in [0.4, 0.5) is 5.69 Å². The fourth-order valence-electron chi connectivity index (χ4n) is 0.866. The first-order valence-corrected chi connectivity index (χ1v) is 4.09. The van der Waals surface area contributed by atoms with Gasteiger partial charge in [-0.1, -0.05) is 12.1 Å². The van der Waals surface area contributed by atoms with E-state index in [-0.39, 0.29) is 13.2 Å². The molecule has 4 heteroatoms. The molecule has 1 aromatic carbocycles. The lowest BCUT2D eigenvalue weighted by atomic mass is 10.3. The van der Waals surface area contributed by atoms with Gasteiger partial charge in [0.1, 0.15) is 18.5 Å². The van der Waals surface area contributed by atoms with E-state index >= 15 is 0 Å². The molecule has 0 aromatic heterocycles. The van der Waals surface area contributed by atoms with Gasteiger partial charge >= 0.3 is 0 Å². The van der Waals surface area contributed by atoms with E-state index in [1.54, 1.807) is 12.1 Å². The van der Waals surface area contributed by atoms with E-state index in [1.807, 2.05) is 12.1 Å². The molecule has 1 aromatic rings. The molecule has 0 saturated heterocycles. The van der Waals surface area contributed by atoms with Crippen LogP contribution in [0.5, 0.6) is 5.75 Å². The maximum atomic E-state index is 9.12. The molecule has 5 N–H and O–H groups in total. The fraction of sp³-hybridized carbons (Fsp3) is 0.333. The van der Waals surface area contributed by atoms with E-state index in [2.05, 4.69) is 0 Å². The van der Waals surface area contributed by atoms with Crippen LogP contribution in [0.2, 0.25) is 0 Å². The molecule has 1 atom stereocenters. The smallest absolute Gasteiger partial charge is 0.142 e. The zero-order valence-corrected chi connectivity index (χ0v) is 7.31. The van der Waals surface area contributed by atoms with E-state index in [0.29, 0.717) is 11.4 Å². The molecule has 4 nitrogen and oxygen atoms in total. The van der Waals surface area contributed by atoms with Crippen molar-refractivity contribution < 1.29 is 9.84 Å². The standard InChI is InChI=1S/C9H14N2O2/c10-5-7(12)6-13-9-4-2-1-3-8(9)11/h1-4,7,12H,5-6,10-11H2/t7-/m1/s1. The summed E-state index contributed by atoms with van der Waals surface area (Å²) in [5.41, 5.74) is 11.4. The second kappa shape index (κ2) is 4.69. The minimum Gasteiger partial charge on any atom is -0.489 e. The van der Waals surface area contributed by atoms with Crippen molar-refractivity contribution >= 4 is 5.69 Å². The lowest BCUT2D eigenvalue weighted by molar-refractivity contribution is 0.114. The van der Waals surface area contributed by atoms with Crippen molar-refractivity contribution in [2.75, 3.05) is 18.9 Å². The normalized spacial score (nSPS) is 12.5. The Labute approximate surface area is 77.1 Å². The molecule has 0 aliphatic rings. The van der Waals surface area contributed by atoms with Gasteiger partial charge in [0.2, 0.25) is 0 Å². The van der Waals surface area contributed by atoms with E-state index in [0.717, 1.165) is 0 Å². The fourth-order valence-corrected chi connectivity index (χ4v) is 0.866. The number of hydrogen-bond acceptors (Lipinski definition) is 4. The second-order valence-corrected chi connectivity index (χ2v) is 2.74. The predicted octanol–water partition coefficient (Wildman–Crippen LogP) is -0.0328. The number of para-hydroxylation sites is 2. The van der Waals surface area contributed by atoms with Gasteiger partial charge in [0.15, 0.2) is 0 Å². The molecule has 0 unspecified atom stereocenters. The van der Waals surface area contributed by atoms with Gasteiger partial charge in [0.05, 0.1) is 5.69 Å². The third-order valence-electron chi connectivity index (χ3n) is 1.62. The zero-order chi connectivity index (χ0) is 9.68. The summed E-state index contributed by atoms with van der Waals surface area (Å²) in [6, 6.07) is 7.13. The zero-order valence-electron chi connectivity index (χ0n) is 7.31. The molecule has 0 aliphatic carbocycles. The van der Waals surface area contributed by atoms with Crippen LogP contribution in [0.15, 0.2) is 24.3 Å². The van der Waals surface area contributed by atoms with Gasteiger partial charge < -0.3 is 21.3 Å². The summed E-state index contributed by atoms with van der Waals surface area (Å²) >= 11 is 0. The van der Waals surface area contributed by atoms with Crippen molar-refractivity contribution in [3.05, 3.63) is 24.3 Å². The van der Waals surface area contributed by atoms with Gasteiger partial charge in [-0.15, -0.1) is 0 Å². The van der Waals surface area contributed by atoms with Crippen LogP contribution in [-0.2, 0) is 0 Å². The molecule has 0 spiro atoms. The number of anilines is 1. The topological polar surface area (TPSA) is 81.5 Å².